The van der Waals surface area contributed by atoms with Gasteiger partial charge in [0.05, 0.1) is 5.60 Å². The van der Waals surface area contributed by atoms with Gasteiger partial charge in [0.15, 0.2) is 0 Å². The van der Waals surface area contributed by atoms with Crippen molar-refractivity contribution in [3.05, 3.63) is 42.2 Å². The molecule has 27 heavy (non-hydrogen) atoms. The molecule has 2 aliphatic heterocycles. The van der Waals surface area contributed by atoms with E-state index in [2.05, 4.69) is 4.98 Å². The van der Waals surface area contributed by atoms with Crippen LogP contribution in [0.5, 0.6) is 0 Å². The van der Waals surface area contributed by atoms with Gasteiger partial charge in [-0.15, -0.1) is 0 Å². The van der Waals surface area contributed by atoms with Crippen molar-refractivity contribution in [2.75, 3.05) is 0 Å². The van der Waals surface area contributed by atoms with E-state index >= 15 is 0 Å². The van der Waals surface area contributed by atoms with Crippen molar-refractivity contribution in [1.29, 1.82) is 0 Å². The van der Waals surface area contributed by atoms with Crippen molar-refractivity contribution in [2.45, 2.75) is 76.2 Å². The lowest BCUT2D eigenvalue weighted by Gasteiger charge is -2.52. The standard InChI is InChI=1S/C22H28N2O3/c1-21(2,3)27-20(25)24-16-7-5-8-17(24)13-22(26,12-16)19-9-4-6-15-14-23-11-10-18(15)19/h4,6,9-11,14,16-17,26H,5,7-8,12-13H2,1-3H3. The minimum atomic E-state index is -0.935. The van der Waals surface area contributed by atoms with Gasteiger partial charge in [-0.1, -0.05) is 18.2 Å². The van der Waals surface area contributed by atoms with Gasteiger partial charge in [0.1, 0.15) is 5.60 Å². The summed E-state index contributed by atoms with van der Waals surface area (Å²) in [7, 11) is 0. The normalized spacial score (nSPS) is 28.2. The monoisotopic (exact) mass is 368 g/mol. The lowest BCUT2D eigenvalue weighted by atomic mass is 9.72. The van der Waals surface area contributed by atoms with Gasteiger partial charge in [-0.2, -0.15) is 0 Å². The molecule has 1 aromatic heterocycles. The molecule has 0 radical (unpaired) electrons. The molecule has 1 amide bonds. The molecule has 2 fully saturated rings. The third kappa shape index (κ3) is 3.41. The van der Waals surface area contributed by atoms with Crippen LogP contribution in [0.2, 0.25) is 0 Å². The van der Waals surface area contributed by atoms with Crippen molar-refractivity contribution in [1.82, 2.24) is 9.88 Å². The highest BCUT2D eigenvalue weighted by molar-refractivity contribution is 5.85. The minimum absolute atomic E-state index is 0.00874. The summed E-state index contributed by atoms with van der Waals surface area (Å²) in [4.78, 5) is 18.9. The van der Waals surface area contributed by atoms with Gasteiger partial charge in [0.2, 0.25) is 0 Å². The highest BCUT2D eigenvalue weighted by Crippen LogP contribution is 2.46. The van der Waals surface area contributed by atoms with E-state index in [1.807, 2.05) is 56.1 Å². The van der Waals surface area contributed by atoms with Crippen LogP contribution in [0, 0.1) is 0 Å². The Labute approximate surface area is 160 Å². The van der Waals surface area contributed by atoms with Crippen molar-refractivity contribution in [2.24, 2.45) is 0 Å². The van der Waals surface area contributed by atoms with Gasteiger partial charge in [-0.05, 0) is 57.0 Å². The van der Waals surface area contributed by atoms with E-state index in [4.69, 9.17) is 4.74 Å². The molecule has 5 heteroatoms. The van der Waals surface area contributed by atoms with Crippen molar-refractivity contribution >= 4 is 16.9 Å². The molecule has 5 nitrogen and oxygen atoms in total. The topological polar surface area (TPSA) is 62.7 Å². The molecule has 0 spiro atoms. The number of nitrogens with zero attached hydrogens (tertiary/aromatic N) is 2. The number of aliphatic hydroxyl groups is 1. The Bertz CT molecular complexity index is 839. The molecule has 3 heterocycles. The zero-order chi connectivity index (χ0) is 19.2. The minimum Gasteiger partial charge on any atom is -0.444 e. The molecule has 2 aromatic rings. The Morgan fingerprint density at radius 2 is 1.93 bits per heavy atom. The Morgan fingerprint density at radius 1 is 1.22 bits per heavy atom. The molecular formula is C22H28N2O3. The summed E-state index contributed by atoms with van der Waals surface area (Å²) in [5.74, 6) is 0. The van der Waals surface area contributed by atoms with Crippen LogP contribution in [0.1, 0.15) is 58.4 Å². The quantitative estimate of drug-likeness (QED) is 0.812. The van der Waals surface area contributed by atoms with Gasteiger partial charge in [0.25, 0.3) is 0 Å². The third-order valence-electron chi connectivity index (χ3n) is 5.79. The molecule has 0 aliphatic carbocycles. The van der Waals surface area contributed by atoms with Gasteiger partial charge >= 0.3 is 6.09 Å². The number of rotatable bonds is 1. The first-order chi connectivity index (χ1) is 12.8. The summed E-state index contributed by atoms with van der Waals surface area (Å²) >= 11 is 0. The number of piperidine rings is 2. The first-order valence-corrected chi connectivity index (χ1v) is 9.84. The number of ether oxygens (including phenoxy) is 1. The number of benzene rings is 1. The molecule has 1 aromatic carbocycles. The number of carbonyl (C=O) groups excluding carboxylic acids is 1. The lowest BCUT2D eigenvalue weighted by molar-refractivity contribution is -0.0958. The molecule has 2 saturated heterocycles. The molecular weight excluding hydrogens is 340 g/mol. The molecule has 4 rings (SSSR count). The average molecular weight is 368 g/mol. The Kier molecular flexibility index (Phi) is 4.38. The van der Waals surface area contributed by atoms with E-state index in [0.717, 1.165) is 35.6 Å². The van der Waals surface area contributed by atoms with Crippen LogP contribution in [0.25, 0.3) is 10.8 Å². The zero-order valence-electron chi connectivity index (χ0n) is 16.3. The molecule has 2 bridgehead atoms. The maximum Gasteiger partial charge on any atom is 0.410 e. The Balaban J connectivity index is 1.67. The number of aromatic nitrogens is 1. The van der Waals surface area contributed by atoms with E-state index in [1.165, 1.54) is 0 Å². The SMILES string of the molecule is CC(C)(C)OC(=O)N1C2CCCC1CC(O)(c1cccc3cnccc13)C2. The second-order valence-electron chi connectivity index (χ2n) is 8.97. The first-order valence-electron chi connectivity index (χ1n) is 9.84. The lowest BCUT2D eigenvalue weighted by Crippen LogP contribution is -2.59. The third-order valence-corrected chi connectivity index (χ3v) is 5.79. The highest BCUT2D eigenvalue weighted by atomic mass is 16.6. The Morgan fingerprint density at radius 3 is 2.59 bits per heavy atom. The molecule has 1 N–H and O–H groups in total. The number of amides is 1. The predicted molar refractivity (Wildman–Crippen MR) is 104 cm³/mol. The number of fused-ring (bicyclic) bond motifs is 3. The molecule has 2 atom stereocenters. The predicted octanol–water partition coefficient (Wildman–Crippen LogP) is 4.37. The van der Waals surface area contributed by atoms with Crippen molar-refractivity contribution in [3.63, 3.8) is 0 Å². The molecule has 144 valence electrons. The number of hydrogen-bond donors (Lipinski definition) is 1. The number of pyridine rings is 1. The fraction of sp³-hybridized carbons (Fsp3) is 0.545. The summed E-state index contributed by atoms with van der Waals surface area (Å²) in [6, 6.07) is 8.00. The van der Waals surface area contributed by atoms with Crippen LogP contribution in [0.3, 0.4) is 0 Å². The van der Waals surface area contributed by atoms with E-state index in [0.29, 0.717) is 12.8 Å². The zero-order valence-corrected chi connectivity index (χ0v) is 16.3. The smallest absolute Gasteiger partial charge is 0.410 e. The van der Waals surface area contributed by atoms with Crippen molar-refractivity contribution in [3.8, 4) is 0 Å². The van der Waals surface area contributed by atoms with Crippen molar-refractivity contribution < 1.29 is 14.6 Å². The Hall–Kier alpha value is -2.14. The molecule has 2 aliphatic rings. The second kappa shape index (κ2) is 6.48. The molecule has 2 unspecified atom stereocenters. The average Bonchev–Trinajstić information content (AvgIpc) is 2.59. The van der Waals surface area contributed by atoms with Gasteiger partial charge in [0, 0.05) is 42.7 Å². The van der Waals surface area contributed by atoms with E-state index in [9.17, 15) is 9.90 Å². The summed E-state index contributed by atoms with van der Waals surface area (Å²) in [5, 5.41) is 13.8. The van der Waals surface area contributed by atoms with Crippen LogP contribution in [-0.4, -0.2) is 38.8 Å². The van der Waals surface area contributed by atoms with Crippen LogP contribution in [0.15, 0.2) is 36.7 Å². The number of hydrogen-bond acceptors (Lipinski definition) is 4. The van der Waals surface area contributed by atoms with Crippen LogP contribution >= 0.6 is 0 Å². The number of carbonyl (C=O) groups is 1. The van der Waals surface area contributed by atoms with E-state index in [1.54, 1.807) is 6.20 Å². The first kappa shape index (κ1) is 18.2. The van der Waals surface area contributed by atoms with E-state index in [-0.39, 0.29) is 18.2 Å². The van der Waals surface area contributed by atoms with Gasteiger partial charge < -0.3 is 14.7 Å². The van der Waals surface area contributed by atoms with E-state index < -0.39 is 11.2 Å². The summed E-state index contributed by atoms with van der Waals surface area (Å²) in [6.07, 6.45) is 7.35. The summed E-state index contributed by atoms with van der Waals surface area (Å²) in [6.45, 7) is 5.68. The fourth-order valence-corrected chi connectivity index (χ4v) is 4.79. The maximum absolute atomic E-state index is 12.8. The fourth-order valence-electron chi connectivity index (χ4n) is 4.79. The highest BCUT2D eigenvalue weighted by Gasteiger charge is 2.49. The summed E-state index contributed by atoms with van der Waals surface area (Å²) in [5.41, 5.74) is -0.500. The second-order valence-corrected chi connectivity index (χ2v) is 8.97. The maximum atomic E-state index is 12.8. The van der Waals surface area contributed by atoms with Gasteiger partial charge in [-0.25, -0.2) is 4.79 Å². The van der Waals surface area contributed by atoms with Crippen LogP contribution in [-0.2, 0) is 10.3 Å². The molecule has 0 saturated carbocycles. The van der Waals surface area contributed by atoms with Gasteiger partial charge in [-0.3, -0.25) is 4.98 Å². The van der Waals surface area contributed by atoms with Crippen LogP contribution in [0.4, 0.5) is 4.79 Å². The largest absolute Gasteiger partial charge is 0.444 e. The summed E-state index contributed by atoms with van der Waals surface area (Å²) < 4.78 is 5.65. The van der Waals surface area contributed by atoms with Crippen LogP contribution < -0.4 is 0 Å².